The predicted molar refractivity (Wildman–Crippen MR) is 309 cm³/mol. The number of ether oxygens (including phenoxy) is 3. The van der Waals surface area contributed by atoms with Crippen molar-refractivity contribution in [2.75, 3.05) is 13.9 Å². The van der Waals surface area contributed by atoms with E-state index in [2.05, 4.69) is 24.3 Å². The Labute approximate surface area is 413 Å². The highest BCUT2D eigenvalue weighted by Crippen LogP contribution is 2.87. The summed E-state index contributed by atoms with van der Waals surface area (Å²) in [4.78, 5) is 15.7. The van der Waals surface area contributed by atoms with Crippen LogP contribution in [0.3, 0.4) is 0 Å². The zero-order chi connectivity index (χ0) is 45.6. The molecule has 29 aromatic rings. The van der Waals surface area contributed by atoms with Gasteiger partial charge in [0.2, 0.25) is 6.79 Å². The first kappa shape index (κ1) is 28.8. The highest BCUT2D eigenvalue weighted by Gasteiger charge is 2.75. The fourth-order valence-corrected chi connectivity index (χ4v) is 26.5. The van der Waals surface area contributed by atoms with Crippen LogP contribution in [0.4, 0.5) is 0 Å². The minimum atomic E-state index is -0.713. The number of carbonyl (C=O) groups is 1. The van der Waals surface area contributed by atoms with Crippen molar-refractivity contribution in [3.8, 4) is 11.5 Å². The number of esters is 1. The Hall–Kier alpha value is -9.51. The van der Waals surface area contributed by atoms with Gasteiger partial charge >= 0.3 is 5.97 Å². The number of allylic oxidation sites excluding steroid dienone is 1. The highest BCUT2D eigenvalue weighted by atomic mass is 16.7. The first-order valence-corrected chi connectivity index (χ1v) is 27.7. The molecule has 0 aromatic heterocycles. The van der Waals surface area contributed by atoms with Gasteiger partial charge in [-0.1, -0.05) is 12.1 Å². The molecule has 76 heavy (non-hydrogen) atoms. The van der Waals surface area contributed by atoms with Crippen molar-refractivity contribution in [1.82, 2.24) is 0 Å². The lowest BCUT2D eigenvalue weighted by molar-refractivity contribution is -0.136. The molecule has 0 bridgehead atoms. The van der Waals surface area contributed by atoms with Gasteiger partial charge in [0.15, 0.2) is 11.5 Å². The molecule has 2 spiro atoms. The molecule has 0 amide bonds. The number of hydrogen-bond acceptors (Lipinski definition) is 4. The van der Waals surface area contributed by atoms with Crippen molar-refractivity contribution in [2.24, 2.45) is 0 Å². The number of benzene rings is 19. The summed E-state index contributed by atoms with van der Waals surface area (Å²) in [5, 5.41) is 84.6. The minimum absolute atomic E-state index is 0.200. The van der Waals surface area contributed by atoms with Crippen LogP contribution in [0.5, 0.6) is 11.5 Å². The summed E-state index contributed by atoms with van der Waals surface area (Å²) in [6.45, 7) is 0.200. The van der Waals surface area contributed by atoms with E-state index in [1.807, 2.05) is 0 Å². The SMILES string of the molecule is COC(=O)C1=CC23c4c5c6c7c8c9c(c%10c%11c2c2c4c4c%12c5c5c6c6c8c8c%13c9c9c%10c%10c%11c%11c2c2c4c4c%12c%12c5c5c6c8c6c8c%13c9c9c%10c%10c%11c2c2c4c4c%12c5c6c5c8c9c%10c2c45)C73C1c1ccc2c(c1)OCO2. The van der Waals surface area contributed by atoms with Crippen molar-refractivity contribution in [3.63, 3.8) is 0 Å². The van der Waals surface area contributed by atoms with E-state index in [0.29, 0.717) is 0 Å². The number of carbonyl (C=O) groups excluding carboxylic acids is 1. The third kappa shape index (κ3) is 1.57. The maximum absolute atomic E-state index is 15.7. The molecule has 4 heteroatoms. The summed E-state index contributed by atoms with van der Waals surface area (Å²) in [5.41, 5.74) is 6.60. The molecular weight excluding hydrogens is 929 g/mol. The Balaban J connectivity index is 1.10. The Morgan fingerprint density at radius 2 is 0.605 bits per heavy atom. The molecule has 0 fully saturated rings. The minimum Gasteiger partial charge on any atom is -0.466 e. The molecular formula is C72H10O4. The first-order chi connectivity index (χ1) is 37.8. The van der Waals surface area contributed by atoms with Gasteiger partial charge in [0.05, 0.1) is 17.9 Å². The van der Waals surface area contributed by atoms with Crippen molar-refractivity contribution in [3.05, 3.63) is 57.7 Å². The van der Waals surface area contributed by atoms with Crippen molar-refractivity contribution < 1.29 is 19.0 Å². The monoisotopic (exact) mass is 938 g/mol. The number of rotatable bonds is 2. The summed E-state index contributed by atoms with van der Waals surface area (Å²) in [5.74, 6) is 0.967. The van der Waals surface area contributed by atoms with Gasteiger partial charge < -0.3 is 14.2 Å². The van der Waals surface area contributed by atoms with Gasteiger partial charge in [0.1, 0.15) is 0 Å². The van der Waals surface area contributed by atoms with Crippen molar-refractivity contribution >= 4 is 297 Å². The zero-order valence-corrected chi connectivity index (χ0v) is 38.7. The van der Waals surface area contributed by atoms with Crippen LogP contribution in [-0.4, -0.2) is 19.9 Å². The quantitative estimate of drug-likeness (QED) is 0.128. The normalized spacial score (nSPS) is 23.1. The van der Waals surface area contributed by atoms with Gasteiger partial charge in [0.25, 0.3) is 0 Å². The van der Waals surface area contributed by atoms with E-state index >= 15 is 4.79 Å². The second-order valence-corrected chi connectivity index (χ2v) is 27.0. The van der Waals surface area contributed by atoms with E-state index in [4.69, 9.17) is 14.2 Å². The van der Waals surface area contributed by atoms with Crippen LogP contribution < -0.4 is 9.47 Å². The molecule has 1 aliphatic heterocycles. The van der Waals surface area contributed by atoms with E-state index in [0.717, 1.165) is 22.6 Å². The van der Waals surface area contributed by atoms with Crippen molar-refractivity contribution in [2.45, 2.75) is 16.7 Å². The second-order valence-electron chi connectivity index (χ2n) is 27.0. The summed E-state index contributed by atoms with van der Waals surface area (Å²) in [6, 6.07) is 6.72. The predicted octanol–water partition coefficient (Wildman–Crippen LogP) is 17.9. The van der Waals surface area contributed by atoms with Crippen molar-refractivity contribution in [1.29, 1.82) is 0 Å². The third-order valence-electron chi connectivity index (χ3n) is 26.7. The lowest BCUT2D eigenvalue weighted by Gasteiger charge is -2.53. The maximum atomic E-state index is 15.7. The van der Waals surface area contributed by atoms with Gasteiger partial charge in [-0.15, -0.1) is 0 Å². The molecule has 322 valence electrons. The average Bonchev–Trinajstić information content (AvgIpc) is 2.47. The Kier molecular flexibility index (Phi) is 2.52. The topological polar surface area (TPSA) is 44.8 Å². The summed E-state index contributed by atoms with van der Waals surface area (Å²) >= 11 is 0. The van der Waals surface area contributed by atoms with E-state index in [-0.39, 0.29) is 18.7 Å². The smallest absolute Gasteiger partial charge is 0.334 e. The molecule has 0 N–H and O–H groups in total. The standard InChI is InChI=1S/C72H10O4/c1-74-70(73)8-5-71-66-57-49-39-29-21-13-11-12-15-19-17(13)25-33-27(19)37-31-23(15)24-16(12)20-18-14(11)22(21)30-36-26(18)34-28(20)38-32(24)42-41(31)53-47(37)55-45(33)51(43(49)35(25)29)59(66)61(55)68-63(53)64-54(42)48(38)56-46(34)52-44(36)50(40(30)39)58(57)67(71)60(52)62(56)69(64)72(68,71)65(8)7-2-3-9-10(4-7)76-6-75-9/h2-5,65H,6H2,1H3. The molecule has 6 aliphatic rings. The van der Waals surface area contributed by atoms with Gasteiger partial charge in [-0.05, 0) is 331 Å². The molecule has 1 unspecified atom stereocenters. The third-order valence-corrected chi connectivity index (χ3v) is 26.7. The Bertz CT molecular complexity index is 7600. The van der Waals surface area contributed by atoms with E-state index in [9.17, 15) is 0 Å². The van der Waals surface area contributed by atoms with Gasteiger partial charge in [-0.3, -0.25) is 0 Å². The zero-order valence-electron chi connectivity index (χ0n) is 38.7. The molecule has 1 heterocycles. The number of hydrogen-bond donors (Lipinski definition) is 0. The Morgan fingerprint density at radius 3 is 0.882 bits per heavy atom. The van der Waals surface area contributed by atoms with Gasteiger partial charge in [0, 0.05) is 11.5 Å². The lowest BCUT2D eigenvalue weighted by atomic mass is 9.47. The van der Waals surface area contributed by atoms with Gasteiger partial charge in [-0.25, -0.2) is 4.79 Å². The largest absolute Gasteiger partial charge is 0.466 e. The van der Waals surface area contributed by atoms with Crippen LogP contribution in [0.25, 0.3) is 291 Å². The fraction of sp³-hybridized carbons (Fsp3) is 0.0694. The van der Waals surface area contributed by atoms with E-state index in [1.54, 1.807) is 233 Å². The summed E-state index contributed by atoms with van der Waals surface area (Å²) < 4.78 is 18.7. The molecule has 5 aliphatic carbocycles. The first-order valence-electron chi connectivity index (χ1n) is 27.7. The molecule has 4 nitrogen and oxygen atoms in total. The number of fused-ring (bicyclic) bond motifs is 1. The van der Waals surface area contributed by atoms with Gasteiger partial charge in [-0.2, -0.15) is 0 Å². The highest BCUT2D eigenvalue weighted by molar-refractivity contribution is 6.82. The fourth-order valence-electron chi connectivity index (χ4n) is 26.5. The van der Waals surface area contributed by atoms with Crippen LogP contribution in [0.2, 0.25) is 0 Å². The molecule has 0 radical (unpaired) electrons. The van der Waals surface area contributed by atoms with E-state index in [1.165, 1.54) is 86.9 Å². The van der Waals surface area contributed by atoms with Crippen LogP contribution in [0, 0.1) is 0 Å². The maximum Gasteiger partial charge on any atom is 0.334 e. The summed E-state index contributed by atoms with van der Waals surface area (Å²) in [7, 11) is 1.63. The van der Waals surface area contributed by atoms with Crippen LogP contribution in [-0.2, 0) is 20.4 Å². The Morgan fingerprint density at radius 1 is 0.355 bits per heavy atom. The summed E-state index contributed by atoms with van der Waals surface area (Å²) in [6.07, 6.45) is 2.61. The number of methoxy groups -OCH3 is 1. The van der Waals surface area contributed by atoms with E-state index < -0.39 is 10.8 Å². The molecule has 35 rings (SSSR count). The second kappa shape index (κ2) is 6.64. The molecule has 1 atom stereocenters. The molecule has 0 saturated heterocycles. The van der Waals surface area contributed by atoms with Crippen LogP contribution in [0.15, 0.2) is 29.8 Å². The lowest BCUT2D eigenvalue weighted by Crippen LogP contribution is -2.51. The van der Waals surface area contributed by atoms with Crippen LogP contribution in [0.1, 0.15) is 33.7 Å². The molecule has 29 aromatic carbocycles. The molecule has 0 saturated carbocycles. The van der Waals surface area contributed by atoms with Crippen LogP contribution >= 0.6 is 0 Å². The average molecular weight is 939 g/mol.